The molecule has 3 aliphatic heterocycles. The van der Waals surface area contributed by atoms with Crippen LogP contribution in [0, 0.1) is 0 Å². The van der Waals surface area contributed by atoms with Crippen molar-refractivity contribution in [2.24, 2.45) is 0 Å². The second-order valence-corrected chi connectivity index (χ2v) is 12.1. The third kappa shape index (κ3) is 5.30. The Morgan fingerprint density at radius 3 is 2.72 bits per heavy atom. The number of amides is 2. The zero-order chi connectivity index (χ0) is 22.7. The summed E-state index contributed by atoms with van der Waals surface area (Å²) in [6, 6.07) is 4.95. The van der Waals surface area contributed by atoms with E-state index in [0.717, 1.165) is 37.0 Å². The van der Waals surface area contributed by atoms with Crippen LogP contribution in [0.1, 0.15) is 45.4 Å². The van der Waals surface area contributed by atoms with Crippen LogP contribution in [0.2, 0.25) is 0 Å². The first kappa shape index (κ1) is 23.5. The van der Waals surface area contributed by atoms with E-state index in [2.05, 4.69) is 5.32 Å². The topological polar surface area (TPSA) is 96.0 Å². The van der Waals surface area contributed by atoms with Crippen molar-refractivity contribution >= 4 is 39.3 Å². The van der Waals surface area contributed by atoms with E-state index in [0.29, 0.717) is 31.9 Å². The molecule has 1 aromatic carbocycles. The van der Waals surface area contributed by atoms with Crippen LogP contribution in [0.4, 0.5) is 5.69 Å². The average Bonchev–Trinajstić information content (AvgIpc) is 3.27. The lowest BCUT2D eigenvalue weighted by atomic mass is 10.2. The zero-order valence-electron chi connectivity index (χ0n) is 18.4. The normalized spacial score (nSPS) is 24.8. The van der Waals surface area contributed by atoms with Crippen LogP contribution in [0.5, 0.6) is 0 Å². The van der Waals surface area contributed by atoms with Crippen molar-refractivity contribution in [3.63, 3.8) is 0 Å². The molecule has 2 atom stereocenters. The Bertz CT molecular complexity index is 956. The second-order valence-electron chi connectivity index (χ2n) is 8.65. The Morgan fingerprint density at radius 1 is 1.22 bits per heavy atom. The molecule has 10 heteroatoms. The largest absolute Gasteiger partial charge is 0.376 e. The number of hydrogen-bond acceptors (Lipinski definition) is 6. The lowest BCUT2D eigenvalue weighted by Gasteiger charge is -2.27. The molecule has 3 heterocycles. The van der Waals surface area contributed by atoms with Crippen LogP contribution in [0.25, 0.3) is 0 Å². The minimum Gasteiger partial charge on any atom is -0.376 e. The Hall–Kier alpha value is -1.62. The number of nitrogens with one attached hydrogen (secondary N) is 1. The summed E-state index contributed by atoms with van der Waals surface area (Å²) in [6.07, 6.45) is 4.95. The van der Waals surface area contributed by atoms with Gasteiger partial charge in [0, 0.05) is 42.8 Å². The van der Waals surface area contributed by atoms with Crippen molar-refractivity contribution in [3.8, 4) is 0 Å². The predicted molar refractivity (Wildman–Crippen MR) is 123 cm³/mol. The van der Waals surface area contributed by atoms with Crippen molar-refractivity contribution < 1.29 is 22.7 Å². The van der Waals surface area contributed by atoms with Crippen LogP contribution in [-0.2, 0) is 24.3 Å². The maximum atomic E-state index is 13.2. The number of thioether (sulfide) groups is 1. The molecule has 0 bridgehead atoms. The number of ether oxygens (including phenoxy) is 1. The number of benzene rings is 1. The first-order valence-corrected chi connectivity index (χ1v) is 13.7. The number of sulfonamides is 1. The molecule has 3 aliphatic rings. The number of piperidine rings is 1. The molecule has 32 heavy (non-hydrogen) atoms. The fourth-order valence-electron chi connectivity index (χ4n) is 4.38. The molecule has 0 saturated carbocycles. The van der Waals surface area contributed by atoms with Gasteiger partial charge in [0.15, 0.2) is 0 Å². The van der Waals surface area contributed by atoms with Gasteiger partial charge in [0.05, 0.1) is 16.7 Å². The smallest absolute Gasteiger partial charge is 0.243 e. The van der Waals surface area contributed by atoms with Crippen LogP contribution < -0.4 is 10.2 Å². The van der Waals surface area contributed by atoms with Crippen molar-refractivity contribution in [1.29, 1.82) is 0 Å². The molecule has 176 valence electrons. The number of carbonyl (C=O) groups is 2. The van der Waals surface area contributed by atoms with Gasteiger partial charge in [0.2, 0.25) is 21.8 Å². The third-order valence-corrected chi connectivity index (χ3v) is 9.18. The molecular formula is C22H31N3O5S2. The molecule has 2 fully saturated rings. The Kier molecular flexibility index (Phi) is 7.44. The molecule has 2 saturated heterocycles. The molecule has 4 rings (SSSR count). The van der Waals surface area contributed by atoms with E-state index in [1.54, 1.807) is 18.2 Å². The lowest BCUT2D eigenvalue weighted by molar-refractivity contribution is -0.124. The highest BCUT2D eigenvalue weighted by atomic mass is 32.2. The highest BCUT2D eigenvalue weighted by Gasteiger charge is 2.32. The summed E-state index contributed by atoms with van der Waals surface area (Å²) in [5.41, 5.74) is 0.495. The van der Waals surface area contributed by atoms with Crippen molar-refractivity contribution in [1.82, 2.24) is 9.62 Å². The zero-order valence-corrected chi connectivity index (χ0v) is 20.1. The number of nitrogens with zero attached hydrogens (tertiary/aromatic N) is 2. The molecule has 8 nitrogen and oxygen atoms in total. The van der Waals surface area contributed by atoms with Gasteiger partial charge in [-0.3, -0.25) is 9.59 Å². The summed E-state index contributed by atoms with van der Waals surface area (Å²) < 4.78 is 33.5. The molecule has 0 aliphatic carbocycles. The third-order valence-electron chi connectivity index (χ3n) is 6.12. The van der Waals surface area contributed by atoms with Crippen molar-refractivity contribution in [3.05, 3.63) is 18.2 Å². The van der Waals surface area contributed by atoms with E-state index in [1.807, 2.05) is 6.92 Å². The van der Waals surface area contributed by atoms with E-state index in [1.165, 1.54) is 21.0 Å². The Labute approximate surface area is 194 Å². The molecule has 0 aromatic heterocycles. The maximum absolute atomic E-state index is 13.2. The van der Waals surface area contributed by atoms with Crippen LogP contribution >= 0.6 is 11.8 Å². The van der Waals surface area contributed by atoms with Gasteiger partial charge in [-0.15, -0.1) is 11.8 Å². The SMILES string of the molecule is C[C@@H]1CC(=O)N(CC(=O)NC[C@@H]2CCCO2)c2cc(S(=O)(=O)N3CCCCC3)ccc2S1. The maximum Gasteiger partial charge on any atom is 0.243 e. The van der Waals surface area contributed by atoms with Gasteiger partial charge in [-0.05, 0) is 43.9 Å². The fourth-order valence-corrected chi connectivity index (χ4v) is 7.01. The van der Waals surface area contributed by atoms with Gasteiger partial charge in [-0.1, -0.05) is 13.3 Å². The average molecular weight is 482 g/mol. The summed E-state index contributed by atoms with van der Waals surface area (Å²) in [5, 5.41) is 2.89. The van der Waals surface area contributed by atoms with Crippen LogP contribution in [0.15, 0.2) is 28.0 Å². The number of rotatable bonds is 6. The first-order valence-electron chi connectivity index (χ1n) is 11.3. The standard InChI is InChI=1S/C22H31N3O5S2/c1-16-12-22(27)25(15-21(26)23-14-17-6-5-11-30-17)19-13-18(7-8-20(19)31-16)32(28,29)24-9-3-2-4-10-24/h7-8,13,16-17H,2-6,9-12,14-15H2,1H3,(H,23,26)/t16-,17+/m1/s1. The van der Waals surface area contributed by atoms with E-state index in [9.17, 15) is 18.0 Å². The quantitative estimate of drug-likeness (QED) is 0.670. The fraction of sp³-hybridized carbons (Fsp3) is 0.636. The highest BCUT2D eigenvalue weighted by Crippen LogP contribution is 2.39. The second kappa shape index (κ2) is 10.1. The summed E-state index contributed by atoms with van der Waals surface area (Å²) in [7, 11) is -3.64. The van der Waals surface area contributed by atoms with E-state index in [4.69, 9.17) is 4.74 Å². The van der Waals surface area contributed by atoms with Gasteiger partial charge in [0.1, 0.15) is 6.54 Å². The molecule has 0 spiro atoms. The van der Waals surface area contributed by atoms with Crippen molar-refractivity contribution in [2.75, 3.05) is 37.7 Å². The van der Waals surface area contributed by atoms with Gasteiger partial charge in [-0.25, -0.2) is 8.42 Å². The molecule has 0 unspecified atom stereocenters. The van der Waals surface area contributed by atoms with Gasteiger partial charge in [-0.2, -0.15) is 4.31 Å². The molecule has 1 N–H and O–H groups in total. The monoisotopic (exact) mass is 481 g/mol. The minimum atomic E-state index is -3.64. The van der Waals surface area contributed by atoms with Gasteiger partial charge < -0.3 is 15.0 Å². The number of hydrogen-bond donors (Lipinski definition) is 1. The summed E-state index contributed by atoms with van der Waals surface area (Å²) >= 11 is 1.53. The number of fused-ring (bicyclic) bond motifs is 1. The van der Waals surface area contributed by atoms with Gasteiger partial charge >= 0.3 is 0 Å². The molecular weight excluding hydrogens is 450 g/mol. The van der Waals surface area contributed by atoms with E-state index in [-0.39, 0.29) is 41.0 Å². The van der Waals surface area contributed by atoms with Crippen molar-refractivity contribution in [2.45, 2.75) is 66.6 Å². The number of anilines is 1. The first-order chi connectivity index (χ1) is 15.3. The van der Waals surface area contributed by atoms with E-state index >= 15 is 0 Å². The summed E-state index contributed by atoms with van der Waals surface area (Å²) in [6.45, 7) is 3.98. The van der Waals surface area contributed by atoms with Crippen LogP contribution in [0.3, 0.4) is 0 Å². The summed E-state index contributed by atoms with van der Waals surface area (Å²) in [4.78, 5) is 28.1. The lowest BCUT2D eigenvalue weighted by Crippen LogP contribution is -2.43. The molecule has 2 amide bonds. The van der Waals surface area contributed by atoms with Crippen LogP contribution in [-0.4, -0.2) is 68.7 Å². The Morgan fingerprint density at radius 2 is 2.00 bits per heavy atom. The predicted octanol–water partition coefficient (Wildman–Crippen LogP) is 2.37. The highest BCUT2D eigenvalue weighted by molar-refractivity contribution is 8.00. The minimum absolute atomic E-state index is 0.0166. The summed E-state index contributed by atoms with van der Waals surface area (Å²) in [5.74, 6) is -0.452. The molecule has 0 radical (unpaired) electrons. The van der Waals surface area contributed by atoms with Gasteiger partial charge in [0.25, 0.3) is 0 Å². The molecule has 1 aromatic rings. The van der Waals surface area contributed by atoms with E-state index < -0.39 is 10.0 Å². The Balaban J connectivity index is 1.58. The number of carbonyl (C=O) groups excluding carboxylic acids is 2.